The number of halogens is 1. The topological polar surface area (TPSA) is 55.6 Å². The maximum absolute atomic E-state index is 11.1. The molecule has 0 saturated carbocycles. The van der Waals surface area contributed by atoms with Crippen LogP contribution >= 0.6 is 15.9 Å². The maximum atomic E-state index is 11.1. The van der Waals surface area contributed by atoms with Crippen molar-refractivity contribution < 1.29 is 9.66 Å². The second-order valence-electron chi connectivity index (χ2n) is 4.09. The molecular formula is C12H14BrN2O3. The molecule has 0 spiro atoms. The van der Waals surface area contributed by atoms with Crippen LogP contribution in [0.5, 0.6) is 5.75 Å². The van der Waals surface area contributed by atoms with Crippen LogP contribution in [0.25, 0.3) is 0 Å². The molecule has 6 heteroatoms. The molecule has 0 bridgehead atoms. The van der Waals surface area contributed by atoms with E-state index in [0.29, 0.717) is 15.9 Å². The highest BCUT2D eigenvalue weighted by atomic mass is 79.9. The zero-order valence-electron chi connectivity index (χ0n) is 10.1. The minimum Gasteiger partial charge on any atom is -0.495 e. The molecule has 0 amide bonds. The molecule has 5 nitrogen and oxygen atoms in total. The first-order valence-corrected chi connectivity index (χ1v) is 6.51. The lowest BCUT2D eigenvalue weighted by Crippen LogP contribution is -2.30. The molecule has 0 aliphatic carbocycles. The zero-order valence-corrected chi connectivity index (χ0v) is 11.6. The third kappa shape index (κ3) is 2.58. The number of nitro benzene ring substituents is 1. The molecule has 1 saturated heterocycles. The standard InChI is InChI=1S/C12H14BrN2O3/c1-18-12-8-10(14-5-3-2-4-6-14)11(15(16)17)7-9(12)13/h2,7-8H,3-6H2,1H3. The smallest absolute Gasteiger partial charge is 0.293 e. The Morgan fingerprint density at radius 1 is 1.39 bits per heavy atom. The molecule has 1 aliphatic heterocycles. The van der Waals surface area contributed by atoms with Gasteiger partial charge in [-0.1, -0.05) is 0 Å². The van der Waals surface area contributed by atoms with Crippen LogP contribution in [0.3, 0.4) is 0 Å². The molecule has 1 aromatic carbocycles. The summed E-state index contributed by atoms with van der Waals surface area (Å²) < 4.78 is 5.81. The van der Waals surface area contributed by atoms with Gasteiger partial charge in [0.1, 0.15) is 11.4 Å². The Labute approximate surface area is 114 Å². The predicted octanol–water partition coefficient (Wildman–Crippen LogP) is 3.17. The number of methoxy groups -OCH3 is 1. The van der Waals surface area contributed by atoms with E-state index in [4.69, 9.17) is 4.74 Å². The lowest BCUT2D eigenvalue weighted by molar-refractivity contribution is -0.384. The lowest BCUT2D eigenvalue weighted by atomic mass is 10.1. The first kappa shape index (κ1) is 13.1. The van der Waals surface area contributed by atoms with Gasteiger partial charge in [0.25, 0.3) is 5.69 Å². The SMILES string of the molecule is COc1cc(N2CC[CH]CC2)c([N+](=O)[O-])cc1Br. The Hall–Kier alpha value is -1.30. The molecular weight excluding hydrogens is 300 g/mol. The summed E-state index contributed by atoms with van der Waals surface area (Å²) in [5.41, 5.74) is 0.748. The number of hydrogen-bond acceptors (Lipinski definition) is 4. The lowest BCUT2D eigenvalue weighted by Gasteiger charge is -2.28. The van der Waals surface area contributed by atoms with E-state index in [-0.39, 0.29) is 10.6 Å². The summed E-state index contributed by atoms with van der Waals surface area (Å²) in [4.78, 5) is 12.8. The first-order valence-electron chi connectivity index (χ1n) is 5.72. The summed E-state index contributed by atoms with van der Waals surface area (Å²) in [5, 5.41) is 11.1. The summed E-state index contributed by atoms with van der Waals surface area (Å²) in [6.07, 6.45) is 4.11. The Bertz CT molecular complexity index is 459. The Morgan fingerprint density at radius 3 is 2.61 bits per heavy atom. The van der Waals surface area contributed by atoms with Gasteiger partial charge in [-0.15, -0.1) is 0 Å². The van der Waals surface area contributed by atoms with E-state index in [1.807, 2.05) is 4.90 Å². The normalized spacial score (nSPS) is 15.6. The maximum Gasteiger partial charge on any atom is 0.293 e. The van der Waals surface area contributed by atoms with E-state index in [1.54, 1.807) is 13.2 Å². The minimum atomic E-state index is -0.349. The second kappa shape index (κ2) is 5.56. The van der Waals surface area contributed by atoms with Crippen LogP contribution in [0.4, 0.5) is 11.4 Å². The van der Waals surface area contributed by atoms with E-state index in [0.717, 1.165) is 25.9 Å². The van der Waals surface area contributed by atoms with Gasteiger partial charge >= 0.3 is 0 Å². The van der Waals surface area contributed by atoms with Gasteiger partial charge in [0.05, 0.1) is 16.5 Å². The van der Waals surface area contributed by atoms with Gasteiger partial charge in [0, 0.05) is 25.2 Å². The quantitative estimate of drug-likeness (QED) is 0.635. The largest absolute Gasteiger partial charge is 0.495 e. The number of piperidine rings is 1. The van der Waals surface area contributed by atoms with Crippen molar-refractivity contribution in [1.82, 2.24) is 0 Å². The van der Waals surface area contributed by atoms with Gasteiger partial charge in [0.15, 0.2) is 0 Å². The molecule has 1 radical (unpaired) electrons. The predicted molar refractivity (Wildman–Crippen MR) is 73.1 cm³/mol. The summed E-state index contributed by atoms with van der Waals surface area (Å²) in [7, 11) is 1.56. The first-order chi connectivity index (χ1) is 8.63. The fraction of sp³-hybridized carbons (Fsp3) is 0.417. The molecule has 0 aromatic heterocycles. The fourth-order valence-corrected chi connectivity index (χ4v) is 2.57. The van der Waals surface area contributed by atoms with Crippen molar-refractivity contribution in [3.05, 3.63) is 33.1 Å². The number of benzene rings is 1. The van der Waals surface area contributed by atoms with Gasteiger partial charge in [-0.2, -0.15) is 0 Å². The number of anilines is 1. The molecule has 1 aliphatic rings. The van der Waals surface area contributed by atoms with Crippen molar-refractivity contribution >= 4 is 27.3 Å². The van der Waals surface area contributed by atoms with Crippen LogP contribution in [0.1, 0.15) is 12.8 Å². The summed E-state index contributed by atoms with van der Waals surface area (Å²) in [6.45, 7) is 1.62. The molecule has 1 heterocycles. The van der Waals surface area contributed by atoms with Crippen LogP contribution in [0.2, 0.25) is 0 Å². The Balaban J connectivity index is 2.44. The fourth-order valence-electron chi connectivity index (χ4n) is 2.08. The van der Waals surface area contributed by atoms with Crippen LogP contribution < -0.4 is 9.64 Å². The molecule has 97 valence electrons. The van der Waals surface area contributed by atoms with Crippen LogP contribution in [0.15, 0.2) is 16.6 Å². The van der Waals surface area contributed by atoms with Gasteiger partial charge in [-0.05, 0) is 35.2 Å². The molecule has 0 unspecified atom stereocenters. The highest BCUT2D eigenvalue weighted by molar-refractivity contribution is 9.10. The highest BCUT2D eigenvalue weighted by Crippen LogP contribution is 2.38. The molecule has 1 fully saturated rings. The van der Waals surface area contributed by atoms with Gasteiger partial charge in [-0.25, -0.2) is 0 Å². The summed E-state index contributed by atoms with van der Waals surface area (Å²) in [6, 6.07) is 3.24. The molecule has 18 heavy (non-hydrogen) atoms. The van der Waals surface area contributed by atoms with Crippen molar-refractivity contribution in [1.29, 1.82) is 0 Å². The molecule has 2 rings (SSSR count). The van der Waals surface area contributed by atoms with E-state index >= 15 is 0 Å². The number of rotatable bonds is 3. The van der Waals surface area contributed by atoms with Gasteiger partial charge in [-0.3, -0.25) is 10.1 Å². The summed E-state index contributed by atoms with van der Waals surface area (Å²) in [5.74, 6) is 0.616. The molecule has 1 aromatic rings. The number of hydrogen-bond donors (Lipinski definition) is 0. The Kier molecular flexibility index (Phi) is 4.06. The summed E-state index contributed by atoms with van der Waals surface area (Å²) >= 11 is 3.28. The molecule has 0 atom stereocenters. The number of ether oxygens (including phenoxy) is 1. The van der Waals surface area contributed by atoms with Crippen molar-refractivity contribution in [2.45, 2.75) is 12.8 Å². The number of nitro groups is 1. The van der Waals surface area contributed by atoms with Crippen LogP contribution in [-0.2, 0) is 0 Å². The van der Waals surface area contributed by atoms with Crippen LogP contribution in [-0.4, -0.2) is 25.1 Å². The Morgan fingerprint density at radius 2 is 2.06 bits per heavy atom. The third-order valence-electron chi connectivity index (χ3n) is 2.99. The second-order valence-corrected chi connectivity index (χ2v) is 4.94. The molecule has 0 N–H and O–H groups in total. The van der Waals surface area contributed by atoms with Crippen molar-refractivity contribution in [2.24, 2.45) is 0 Å². The van der Waals surface area contributed by atoms with Crippen molar-refractivity contribution in [2.75, 3.05) is 25.1 Å². The third-order valence-corrected chi connectivity index (χ3v) is 3.61. The average molecular weight is 314 g/mol. The van der Waals surface area contributed by atoms with E-state index in [2.05, 4.69) is 22.4 Å². The van der Waals surface area contributed by atoms with Gasteiger partial charge in [0.2, 0.25) is 0 Å². The van der Waals surface area contributed by atoms with Gasteiger partial charge < -0.3 is 9.64 Å². The van der Waals surface area contributed by atoms with Crippen molar-refractivity contribution in [3.63, 3.8) is 0 Å². The van der Waals surface area contributed by atoms with E-state index < -0.39 is 0 Å². The monoisotopic (exact) mass is 313 g/mol. The highest BCUT2D eigenvalue weighted by Gasteiger charge is 2.23. The van der Waals surface area contributed by atoms with E-state index in [9.17, 15) is 10.1 Å². The van der Waals surface area contributed by atoms with Crippen molar-refractivity contribution in [3.8, 4) is 5.75 Å². The zero-order chi connectivity index (χ0) is 13.1. The van der Waals surface area contributed by atoms with E-state index in [1.165, 1.54) is 6.07 Å². The number of nitrogens with zero attached hydrogens (tertiary/aromatic N) is 2. The minimum absolute atomic E-state index is 0.115. The van der Waals surface area contributed by atoms with Crippen LogP contribution in [0, 0.1) is 16.5 Å². The average Bonchev–Trinajstić information content (AvgIpc) is 2.39.